The molecular formula is C44H30N2. The number of aromatic nitrogens is 1. The Hall–Kier alpha value is -5.99. The molecule has 0 fully saturated rings. The van der Waals surface area contributed by atoms with Crippen molar-refractivity contribution in [1.29, 1.82) is 0 Å². The molecule has 0 spiro atoms. The van der Waals surface area contributed by atoms with Crippen LogP contribution in [0.1, 0.15) is 11.6 Å². The Balaban J connectivity index is 1.42. The molecule has 1 aromatic heterocycles. The minimum absolute atomic E-state index is 0.0635. The van der Waals surface area contributed by atoms with Crippen molar-refractivity contribution in [3.8, 4) is 66.9 Å². The summed E-state index contributed by atoms with van der Waals surface area (Å²) in [5, 5.41) is 6.16. The third-order valence-electron chi connectivity index (χ3n) is 9.29. The Bertz CT molecular complexity index is 2310. The van der Waals surface area contributed by atoms with E-state index in [2.05, 4.69) is 151 Å². The fourth-order valence-corrected chi connectivity index (χ4v) is 7.29. The first-order valence-electron chi connectivity index (χ1n) is 15.8. The summed E-state index contributed by atoms with van der Waals surface area (Å²) in [5.41, 5.74) is 15.8. The highest BCUT2D eigenvalue weighted by atomic mass is 14.9. The average molecular weight is 587 g/mol. The number of dihydropyridines is 1. The number of rotatable bonds is 5. The van der Waals surface area contributed by atoms with E-state index < -0.39 is 0 Å². The summed E-state index contributed by atoms with van der Waals surface area (Å²) in [6.45, 7) is 0. The fraction of sp³-hybridized carbons (Fsp3) is 0.0227. The van der Waals surface area contributed by atoms with Crippen molar-refractivity contribution in [3.63, 3.8) is 0 Å². The zero-order valence-corrected chi connectivity index (χ0v) is 25.2. The summed E-state index contributed by atoms with van der Waals surface area (Å²) < 4.78 is 0. The third-order valence-corrected chi connectivity index (χ3v) is 9.29. The lowest BCUT2D eigenvalue weighted by atomic mass is 9.81. The Morgan fingerprint density at radius 3 is 1.89 bits per heavy atom. The molecule has 9 rings (SSSR count). The predicted octanol–water partition coefficient (Wildman–Crippen LogP) is 11.3. The molecule has 0 bridgehead atoms. The van der Waals surface area contributed by atoms with Crippen LogP contribution < -0.4 is 5.32 Å². The number of hydrogen-bond acceptors (Lipinski definition) is 2. The molecule has 1 aliphatic carbocycles. The van der Waals surface area contributed by atoms with Crippen molar-refractivity contribution >= 4 is 10.8 Å². The molecular weight excluding hydrogens is 556 g/mol. The number of nitrogens with zero attached hydrogens (tertiary/aromatic N) is 1. The van der Waals surface area contributed by atoms with Gasteiger partial charge in [0.2, 0.25) is 0 Å². The SMILES string of the molecule is C1=CNC(c2cc(-c3ccccn3)cc(-c3cc(-c4ccccc4)c4c(c3-c3ccccc3)-c3cccc5cccc-4c35)c2)C=C1. The van der Waals surface area contributed by atoms with Crippen molar-refractivity contribution < 1.29 is 0 Å². The lowest BCUT2D eigenvalue weighted by molar-refractivity contribution is 0.747. The van der Waals surface area contributed by atoms with Gasteiger partial charge in [-0.05, 0) is 121 Å². The van der Waals surface area contributed by atoms with Crippen LogP contribution in [0.2, 0.25) is 0 Å². The standard InChI is InChI=1S/C44H30N2/c1-3-13-29(14-4-1)37-28-38(32-25-33(39-21-7-9-23-45-39)27-34(26-32)40-22-8-10-24-46-40)42(31-15-5-2-6-16-31)44-36-20-12-18-30-17-11-19-35(41(30)36)43(37)44/h1-28,39,45H. The maximum Gasteiger partial charge on any atom is 0.0702 e. The Kier molecular flexibility index (Phi) is 6.24. The zero-order valence-electron chi connectivity index (χ0n) is 25.2. The van der Waals surface area contributed by atoms with E-state index >= 15 is 0 Å². The van der Waals surface area contributed by atoms with Crippen LogP contribution in [0, 0.1) is 0 Å². The second-order valence-electron chi connectivity index (χ2n) is 12.0. The van der Waals surface area contributed by atoms with Crippen LogP contribution in [-0.4, -0.2) is 4.98 Å². The van der Waals surface area contributed by atoms with Gasteiger partial charge in [-0.2, -0.15) is 0 Å². The van der Waals surface area contributed by atoms with Gasteiger partial charge in [0.15, 0.2) is 0 Å². The highest BCUT2D eigenvalue weighted by Crippen LogP contribution is 2.57. The topological polar surface area (TPSA) is 24.9 Å². The van der Waals surface area contributed by atoms with Crippen molar-refractivity contribution in [3.05, 3.63) is 176 Å². The lowest BCUT2D eigenvalue weighted by Crippen LogP contribution is -2.15. The molecule has 0 saturated heterocycles. The van der Waals surface area contributed by atoms with E-state index in [-0.39, 0.29) is 6.04 Å². The summed E-state index contributed by atoms with van der Waals surface area (Å²) >= 11 is 0. The van der Waals surface area contributed by atoms with Crippen LogP contribution in [0.15, 0.2) is 170 Å². The van der Waals surface area contributed by atoms with Gasteiger partial charge in [0.05, 0.1) is 11.7 Å². The molecule has 2 aliphatic rings. The summed E-state index contributed by atoms with van der Waals surface area (Å²) in [6, 6.07) is 50.8. The van der Waals surface area contributed by atoms with Gasteiger partial charge in [-0.25, -0.2) is 0 Å². The summed E-state index contributed by atoms with van der Waals surface area (Å²) in [6.07, 6.45) is 10.3. The van der Waals surface area contributed by atoms with Gasteiger partial charge in [0, 0.05) is 11.8 Å². The maximum absolute atomic E-state index is 4.77. The van der Waals surface area contributed by atoms with Gasteiger partial charge in [-0.15, -0.1) is 0 Å². The van der Waals surface area contributed by atoms with Crippen molar-refractivity contribution in [2.75, 3.05) is 0 Å². The van der Waals surface area contributed by atoms with Gasteiger partial charge in [-0.1, -0.05) is 115 Å². The summed E-state index contributed by atoms with van der Waals surface area (Å²) in [5.74, 6) is 0. The minimum Gasteiger partial charge on any atom is -0.381 e. The number of fused-ring (bicyclic) bond motifs is 3. The van der Waals surface area contributed by atoms with E-state index in [1.165, 1.54) is 72.0 Å². The van der Waals surface area contributed by atoms with Gasteiger partial charge in [0.25, 0.3) is 0 Å². The molecule has 1 N–H and O–H groups in total. The first-order chi connectivity index (χ1) is 22.8. The van der Waals surface area contributed by atoms with E-state index in [0.29, 0.717) is 0 Å². The van der Waals surface area contributed by atoms with Gasteiger partial charge >= 0.3 is 0 Å². The van der Waals surface area contributed by atoms with Crippen LogP contribution >= 0.6 is 0 Å². The molecule has 1 aliphatic heterocycles. The zero-order chi connectivity index (χ0) is 30.5. The molecule has 2 heterocycles. The molecule has 2 nitrogen and oxygen atoms in total. The van der Waals surface area contributed by atoms with Gasteiger partial charge < -0.3 is 5.32 Å². The third kappa shape index (κ3) is 4.30. The number of allylic oxidation sites excluding steroid dienone is 2. The van der Waals surface area contributed by atoms with E-state index in [4.69, 9.17) is 4.98 Å². The largest absolute Gasteiger partial charge is 0.381 e. The van der Waals surface area contributed by atoms with Crippen LogP contribution in [-0.2, 0) is 0 Å². The number of benzene rings is 6. The monoisotopic (exact) mass is 586 g/mol. The number of pyridine rings is 1. The number of nitrogens with one attached hydrogen (secondary N) is 1. The second-order valence-corrected chi connectivity index (χ2v) is 12.0. The molecule has 0 saturated carbocycles. The maximum atomic E-state index is 4.77. The summed E-state index contributed by atoms with van der Waals surface area (Å²) in [7, 11) is 0. The van der Waals surface area contributed by atoms with Crippen molar-refractivity contribution in [1.82, 2.24) is 10.3 Å². The van der Waals surface area contributed by atoms with Gasteiger partial charge in [0.1, 0.15) is 0 Å². The van der Waals surface area contributed by atoms with E-state index in [0.717, 1.165) is 11.3 Å². The van der Waals surface area contributed by atoms with Gasteiger partial charge in [-0.3, -0.25) is 4.98 Å². The predicted molar refractivity (Wildman–Crippen MR) is 192 cm³/mol. The molecule has 1 unspecified atom stereocenters. The molecule has 0 amide bonds. The minimum atomic E-state index is 0.0635. The van der Waals surface area contributed by atoms with E-state index in [9.17, 15) is 0 Å². The summed E-state index contributed by atoms with van der Waals surface area (Å²) in [4.78, 5) is 4.77. The molecule has 46 heavy (non-hydrogen) atoms. The van der Waals surface area contributed by atoms with Crippen LogP contribution in [0.5, 0.6) is 0 Å². The van der Waals surface area contributed by atoms with Crippen LogP contribution in [0.3, 0.4) is 0 Å². The first-order valence-corrected chi connectivity index (χ1v) is 15.8. The van der Waals surface area contributed by atoms with Crippen LogP contribution in [0.4, 0.5) is 0 Å². The van der Waals surface area contributed by atoms with Crippen LogP contribution in [0.25, 0.3) is 77.7 Å². The molecule has 2 heteroatoms. The highest BCUT2D eigenvalue weighted by Gasteiger charge is 2.30. The quantitative estimate of drug-likeness (QED) is 0.217. The van der Waals surface area contributed by atoms with E-state index in [1.54, 1.807) is 0 Å². The fourth-order valence-electron chi connectivity index (χ4n) is 7.29. The molecule has 216 valence electrons. The number of hydrogen-bond donors (Lipinski definition) is 1. The first kappa shape index (κ1) is 26.4. The highest BCUT2D eigenvalue weighted by molar-refractivity contribution is 6.22. The van der Waals surface area contributed by atoms with Crippen molar-refractivity contribution in [2.45, 2.75) is 6.04 Å². The molecule has 7 aromatic rings. The smallest absolute Gasteiger partial charge is 0.0702 e. The molecule has 6 aromatic carbocycles. The second kappa shape index (κ2) is 10.9. The van der Waals surface area contributed by atoms with E-state index in [1.807, 2.05) is 24.5 Å². The Morgan fingerprint density at radius 2 is 1.17 bits per heavy atom. The Morgan fingerprint density at radius 1 is 0.478 bits per heavy atom. The lowest BCUT2D eigenvalue weighted by Gasteiger charge is -2.23. The normalized spacial score (nSPS) is 14.3. The molecule has 0 radical (unpaired) electrons. The Labute approximate surface area is 269 Å². The molecule has 1 atom stereocenters. The van der Waals surface area contributed by atoms with Crippen molar-refractivity contribution in [2.24, 2.45) is 0 Å². The average Bonchev–Trinajstić information content (AvgIpc) is 3.48.